The van der Waals surface area contributed by atoms with Gasteiger partial charge in [-0.2, -0.15) is 0 Å². The van der Waals surface area contributed by atoms with Crippen LogP contribution in [0.4, 0.5) is 0 Å². The van der Waals surface area contributed by atoms with Gasteiger partial charge in [-0.3, -0.25) is 4.79 Å². The fraction of sp³-hybridized carbons (Fsp3) is 0.333. The van der Waals surface area contributed by atoms with Crippen LogP contribution in [-0.2, 0) is 4.74 Å². The van der Waals surface area contributed by atoms with Crippen LogP contribution in [0.3, 0.4) is 0 Å². The number of benzene rings is 1. The van der Waals surface area contributed by atoms with E-state index in [0.29, 0.717) is 36.2 Å². The lowest BCUT2D eigenvalue weighted by Gasteiger charge is -2.35. The van der Waals surface area contributed by atoms with Gasteiger partial charge in [0.05, 0.1) is 12.4 Å². The van der Waals surface area contributed by atoms with Crippen molar-refractivity contribution >= 4 is 5.91 Å². The lowest BCUT2D eigenvalue weighted by atomic mass is 9.87. The van der Waals surface area contributed by atoms with Crippen LogP contribution in [0.2, 0.25) is 0 Å². The van der Waals surface area contributed by atoms with E-state index in [0.717, 1.165) is 12.8 Å². The van der Waals surface area contributed by atoms with Gasteiger partial charge in [0.2, 0.25) is 5.76 Å². The van der Waals surface area contributed by atoms with Crippen molar-refractivity contribution in [2.45, 2.75) is 18.9 Å². The highest BCUT2D eigenvalue weighted by atomic mass is 16.5. The van der Waals surface area contributed by atoms with Crippen LogP contribution >= 0.6 is 0 Å². The summed E-state index contributed by atoms with van der Waals surface area (Å²) < 4.78 is 16.3. The molecule has 140 valence electrons. The summed E-state index contributed by atoms with van der Waals surface area (Å²) in [6.07, 6.45) is 3.40. The molecule has 4 rings (SSSR count). The quantitative estimate of drug-likeness (QED) is 0.678. The monoisotopic (exact) mass is 366 g/mol. The Balaban J connectivity index is 1.39. The molecule has 0 N–H and O–H groups in total. The topological polar surface area (TPSA) is 68.7 Å². The zero-order valence-corrected chi connectivity index (χ0v) is 15.2. The third-order valence-electron chi connectivity index (χ3n) is 5.13. The molecule has 0 saturated carbocycles. The van der Waals surface area contributed by atoms with E-state index < -0.39 is 0 Å². The first-order chi connectivity index (χ1) is 13.3. The van der Waals surface area contributed by atoms with Crippen molar-refractivity contribution in [2.75, 3.05) is 20.2 Å². The van der Waals surface area contributed by atoms with E-state index in [1.54, 1.807) is 31.6 Å². The molecule has 27 heavy (non-hydrogen) atoms. The zero-order chi connectivity index (χ0) is 18.6. The first-order valence-electron chi connectivity index (χ1n) is 9.14. The predicted molar refractivity (Wildman–Crippen MR) is 99.0 cm³/mol. The Morgan fingerprint density at radius 1 is 1.15 bits per heavy atom. The standard InChI is InChI=1S/C21H22N2O4/c1-25-20(15-6-3-2-4-7-15)16-9-11-23(12-10-16)21(24)17-14-19(27-22-17)18-8-5-13-26-18/h2-8,13-14,16,20H,9-12H2,1H3. The van der Waals surface area contributed by atoms with E-state index in [1.165, 1.54) is 5.56 Å². The number of aromatic nitrogens is 1. The first kappa shape index (κ1) is 17.5. The second-order valence-corrected chi connectivity index (χ2v) is 6.75. The minimum atomic E-state index is -0.108. The summed E-state index contributed by atoms with van der Waals surface area (Å²) >= 11 is 0. The van der Waals surface area contributed by atoms with Crippen LogP contribution in [-0.4, -0.2) is 36.2 Å². The number of carbonyl (C=O) groups is 1. The van der Waals surface area contributed by atoms with Crippen LogP contribution in [0.15, 0.2) is 63.7 Å². The maximum absolute atomic E-state index is 12.7. The van der Waals surface area contributed by atoms with E-state index in [-0.39, 0.29) is 12.0 Å². The molecule has 3 aromatic rings. The highest BCUT2D eigenvalue weighted by Gasteiger charge is 2.31. The third kappa shape index (κ3) is 3.66. The lowest BCUT2D eigenvalue weighted by molar-refractivity contribution is 0.0192. The number of likely N-dealkylation sites (tertiary alicyclic amines) is 1. The zero-order valence-electron chi connectivity index (χ0n) is 15.2. The number of hydrogen-bond donors (Lipinski definition) is 0. The van der Waals surface area contributed by atoms with E-state index in [2.05, 4.69) is 17.3 Å². The molecule has 1 atom stereocenters. The average Bonchev–Trinajstić information content (AvgIpc) is 3.41. The van der Waals surface area contributed by atoms with Gasteiger partial charge in [0.1, 0.15) is 0 Å². The maximum atomic E-state index is 12.7. The number of furan rings is 1. The summed E-state index contributed by atoms with van der Waals surface area (Å²) in [4.78, 5) is 14.6. The van der Waals surface area contributed by atoms with E-state index in [1.807, 2.05) is 23.1 Å². The molecule has 0 radical (unpaired) electrons. The van der Waals surface area contributed by atoms with Gasteiger partial charge in [-0.25, -0.2) is 0 Å². The highest BCUT2D eigenvalue weighted by molar-refractivity contribution is 5.93. The SMILES string of the molecule is COC(c1ccccc1)C1CCN(C(=O)c2cc(-c3ccco3)on2)CC1. The average molecular weight is 366 g/mol. The summed E-state index contributed by atoms with van der Waals surface area (Å²) in [6, 6.07) is 15.4. The van der Waals surface area contributed by atoms with E-state index >= 15 is 0 Å². The number of methoxy groups -OCH3 is 1. The normalized spacial score (nSPS) is 16.4. The number of amides is 1. The second-order valence-electron chi connectivity index (χ2n) is 6.75. The van der Waals surface area contributed by atoms with Crippen LogP contribution in [0.5, 0.6) is 0 Å². The van der Waals surface area contributed by atoms with Gasteiger partial charge in [-0.15, -0.1) is 0 Å². The number of carbonyl (C=O) groups excluding carboxylic acids is 1. The number of nitrogens with zero attached hydrogens (tertiary/aromatic N) is 2. The molecule has 1 amide bonds. The van der Waals surface area contributed by atoms with Crippen molar-refractivity contribution in [1.82, 2.24) is 10.1 Å². The number of piperidine rings is 1. The van der Waals surface area contributed by atoms with Crippen LogP contribution in [0.25, 0.3) is 11.5 Å². The molecule has 1 aliphatic heterocycles. The smallest absolute Gasteiger partial charge is 0.276 e. The summed E-state index contributed by atoms with van der Waals surface area (Å²) in [5.41, 5.74) is 1.50. The minimum Gasteiger partial charge on any atom is -0.461 e. The Kier molecular flexibility index (Phi) is 5.07. The fourth-order valence-electron chi connectivity index (χ4n) is 3.72. The first-order valence-corrected chi connectivity index (χ1v) is 9.14. The van der Waals surface area contributed by atoms with E-state index in [9.17, 15) is 4.79 Å². The van der Waals surface area contributed by atoms with Gasteiger partial charge in [-0.1, -0.05) is 35.5 Å². The Hall–Kier alpha value is -2.86. The molecular weight excluding hydrogens is 344 g/mol. The molecule has 6 nitrogen and oxygen atoms in total. The van der Waals surface area contributed by atoms with Crippen molar-refractivity contribution in [1.29, 1.82) is 0 Å². The van der Waals surface area contributed by atoms with Gasteiger partial charge in [-0.05, 0) is 36.5 Å². The molecule has 0 spiro atoms. The number of ether oxygens (including phenoxy) is 1. The largest absolute Gasteiger partial charge is 0.461 e. The molecule has 1 unspecified atom stereocenters. The molecule has 1 saturated heterocycles. The molecule has 1 aromatic carbocycles. The second kappa shape index (κ2) is 7.80. The molecule has 0 bridgehead atoms. The van der Waals surface area contributed by atoms with Crippen molar-refractivity contribution in [3.8, 4) is 11.5 Å². The van der Waals surface area contributed by atoms with Crippen molar-refractivity contribution < 1.29 is 18.5 Å². The summed E-state index contributed by atoms with van der Waals surface area (Å²) in [6.45, 7) is 1.36. The summed E-state index contributed by atoms with van der Waals surface area (Å²) in [7, 11) is 1.75. The molecule has 0 aliphatic carbocycles. The number of hydrogen-bond acceptors (Lipinski definition) is 5. The van der Waals surface area contributed by atoms with Gasteiger partial charge in [0, 0.05) is 26.3 Å². The summed E-state index contributed by atoms with van der Waals surface area (Å²) in [5.74, 6) is 1.30. The van der Waals surface area contributed by atoms with Crippen molar-refractivity contribution in [3.05, 3.63) is 66.1 Å². The minimum absolute atomic E-state index is 0.0565. The summed E-state index contributed by atoms with van der Waals surface area (Å²) in [5, 5.41) is 3.91. The number of rotatable bonds is 5. The van der Waals surface area contributed by atoms with Crippen LogP contribution in [0, 0.1) is 5.92 Å². The highest BCUT2D eigenvalue weighted by Crippen LogP contribution is 2.33. The molecule has 3 heterocycles. The molecule has 2 aromatic heterocycles. The lowest BCUT2D eigenvalue weighted by Crippen LogP contribution is -2.40. The van der Waals surface area contributed by atoms with Gasteiger partial charge in [0.15, 0.2) is 11.5 Å². The Labute approximate surface area is 157 Å². The van der Waals surface area contributed by atoms with Gasteiger partial charge >= 0.3 is 0 Å². The van der Waals surface area contributed by atoms with Crippen molar-refractivity contribution in [2.24, 2.45) is 5.92 Å². The van der Waals surface area contributed by atoms with Crippen LogP contribution < -0.4 is 0 Å². The van der Waals surface area contributed by atoms with E-state index in [4.69, 9.17) is 13.7 Å². The molecular formula is C21H22N2O4. The van der Waals surface area contributed by atoms with Gasteiger partial charge in [0.25, 0.3) is 5.91 Å². The Morgan fingerprint density at radius 2 is 1.93 bits per heavy atom. The Morgan fingerprint density at radius 3 is 2.59 bits per heavy atom. The fourth-order valence-corrected chi connectivity index (χ4v) is 3.72. The molecule has 6 heteroatoms. The third-order valence-corrected chi connectivity index (χ3v) is 5.13. The van der Waals surface area contributed by atoms with Crippen molar-refractivity contribution in [3.63, 3.8) is 0 Å². The van der Waals surface area contributed by atoms with Crippen LogP contribution in [0.1, 0.15) is 35.0 Å². The maximum Gasteiger partial charge on any atom is 0.276 e. The predicted octanol–water partition coefficient (Wildman–Crippen LogP) is 4.17. The molecule has 1 aliphatic rings. The Bertz CT molecular complexity index is 865. The molecule has 1 fully saturated rings. The van der Waals surface area contributed by atoms with Gasteiger partial charge < -0.3 is 18.6 Å².